The van der Waals surface area contributed by atoms with Crippen molar-refractivity contribution in [3.8, 4) is 0 Å². The van der Waals surface area contributed by atoms with Gasteiger partial charge in [-0.05, 0) is 19.3 Å². The molecule has 1 heteroatoms. The van der Waals surface area contributed by atoms with Crippen molar-refractivity contribution in [3.05, 3.63) is 0 Å². The molecule has 0 atom stereocenters. The zero-order chi connectivity index (χ0) is 9.57. The smallest absolute Gasteiger partial charge is 0.0154 e. The van der Waals surface area contributed by atoms with Crippen molar-refractivity contribution in [3.63, 3.8) is 0 Å². The maximum Gasteiger partial charge on any atom is 0.0154 e. The van der Waals surface area contributed by atoms with Crippen LogP contribution in [0.2, 0.25) is 0 Å². The van der Waals surface area contributed by atoms with Gasteiger partial charge in [-0.3, -0.25) is 0 Å². The Hall–Kier alpha value is -0.0400. The summed E-state index contributed by atoms with van der Waals surface area (Å²) in [5.41, 5.74) is 6.57. The normalized spacial score (nSPS) is 21.7. The van der Waals surface area contributed by atoms with E-state index in [1.165, 1.54) is 64.2 Å². The lowest BCUT2D eigenvalue weighted by atomic mass is 9.79. The molecule has 1 saturated carbocycles. The van der Waals surface area contributed by atoms with Gasteiger partial charge in [-0.15, -0.1) is 0 Å². The lowest BCUT2D eigenvalue weighted by molar-refractivity contribution is 0.270. The molecule has 2 N–H and O–H groups in total. The molecule has 1 nitrogen and oxygen atoms in total. The molecule has 0 aromatic carbocycles. The van der Waals surface area contributed by atoms with E-state index in [-0.39, 0.29) is 5.54 Å². The van der Waals surface area contributed by atoms with Crippen molar-refractivity contribution in [2.75, 3.05) is 0 Å². The molecule has 0 heterocycles. The van der Waals surface area contributed by atoms with Crippen LogP contribution in [0.1, 0.15) is 71.1 Å². The van der Waals surface area contributed by atoms with Crippen LogP contribution < -0.4 is 5.73 Å². The maximum absolute atomic E-state index is 6.34. The Morgan fingerprint density at radius 1 is 1.00 bits per heavy atom. The first-order chi connectivity index (χ1) is 6.27. The number of hydrogen-bond acceptors (Lipinski definition) is 1. The van der Waals surface area contributed by atoms with Crippen molar-refractivity contribution >= 4 is 0 Å². The molecule has 1 rings (SSSR count). The molecular weight excluding hydrogens is 158 g/mol. The fourth-order valence-corrected chi connectivity index (χ4v) is 2.41. The van der Waals surface area contributed by atoms with E-state index in [1.54, 1.807) is 0 Å². The first-order valence-electron chi connectivity index (χ1n) is 6.06. The summed E-state index contributed by atoms with van der Waals surface area (Å²) in [7, 11) is 0. The van der Waals surface area contributed by atoms with E-state index >= 15 is 0 Å². The predicted octanol–water partition coefficient (Wildman–Crippen LogP) is 3.62. The third kappa shape index (κ3) is 4.12. The number of nitrogens with two attached hydrogens (primary N) is 1. The van der Waals surface area contributed by atoms with Gasteiger partial charge in [-0.25, -0.2) is 0 Å². The molecule has 13 heavy (non-hydrogen) atoms. The van der Waals surface area contributed by atoms with Gasteiger partial charge in [0.05, 0.1) is 0 Å². The van der Waals surface area contributed by atoms with Gasteiger partial charge < -0.3 is 5.73 Å². The molecule has 0 saturated heterocycles. The number of rotatable bonds is 5. The van der Waals surface area contributed by atoms with Crippen LogP contribution in [0, 0.1) is 0 Å². The Morgan fingerprint density at radius 2 is 1.69 bits per heavy atom. The van der Waals surface area contributed by atoms with Crippen LogP contribution >= 0.6 is 0 Å². The molecule has 0 aromatic rings. The van der Waals surface area contributed by atoms with Crippen LogP contribution in [0.5, 0.6) is 0 Å². The summed E-state index contributed by atoms with van der Waals surface area (Å²) >= 11 is 0. The van der Waals surface area contributed by atoms with Crippen molar-refractivity contribution in [1.29, 1.82) is 0 Å². The lowest BCUT2D eigenvalue weighted by Gasteiger charge is -2.33. The topological polar surface area (TPSA) is 26.0 Å². The van der Waals surface area contributed by atoms with Gasteiger partial charge in [0, 0.05) is 5.54 Å². The summed E-state index contributed by atoms with van der Waals surface area (Å²) in [6.07, 6.45) is 13.4. The largest absolute Gasteiger partial charge is 0.325 e. The van der Waals surface area contributed by atoms with E-state index in [0.717, 1.165) is 0 Å². The molecule has 0 spiro atoms. The minimum Gasteiger partial charge on any atom is -0.325 e. The third-order valence-electron chi connectivity index (χ3n) is 3.38. The molecule has 78 valence electrons. The fraction of sp³-hybridized carbons (Fsp3) is 1.00. The highest BCUT2D eigenvalue weighted by molar-refractivity contribution is 4.86. The van der Waals surface area contributed by atoms with Crippen LogP contribution in [-0.2, 0) is 0 Å². The van der Waals surface area contributed by atoms with E-state index in [9.17, 15) is 0 Å². The Balaban J connectivity index is 2.10. The third-order valence-corrected chi connectivity index (χ3v) is 3.38. The molecule has 1 aliphatic carbocycles. The second kappa shape index (κ2) is 5.64. The predicted molar refractivity (Wildman–Crippen MR) is 58.8 cm³/mol. The highest BCUT2D eigenvalue weighted by Gasteiger charge is 2.26. The summed E-state index contributed by atoms with van der Waals surface area (Å²) < 4.78 is 0. The van der Waals surface area contributed by atoms with Crippen LogP contribution in [0.15, 0.2) is 0 Å². The lowest BCUT2D eigenvalue weighted by Crippen LogP contribution is -2.41. The summed E-state index contributed by atoms with van der Waals surface area (Å²) in [5, 5.41) is 0. The summed E-state index contributed by atoms with van der Waals surface area (Å²) in [6.45, 7) is 2.26. The van der Waals surface area contributed by atoms with Crippen molar-refractivity contribution in [1.82, 2.24) is 0 Å². The van der Waals surface area contributed by atoms with Gasteiger partial charge in [0.2, 0.25) is 0 Å². The van der Waals surface area contributed by atoms with Gasteiger partial charge >= 0.3 is 0 Å². The molecule has 0 radical (unpaired) electrons. The maximum atomic E-state index is 6.34. The highest BCUT2D eigenvalue weighted by atomic mass is 14.7. The first-order valence-corrected chi connectivity index (χ1v) is 6.06. The Kier molecular flexibility index (Phi) is 4.79. The molecule has 0 bridgehead atoms. The standard InChI is InChI=1S/C12H25N/c1-2-3-4-6-9-12(13)10-7-5-8-11-12/h2-11,13H2,1H3. The Morgan fingerprint density at radius 3 is 2.31 bits per heavy atom. The van der Waals surface area contributed by atoms with Gasteiger partial charge in [0.15, 0.2) is 0 Å². The van der Waals surface area contributed by atoms with Gasteiger partial charge in [0.25, 0.3) is 0 Å². The second-order valence-electron chi connectivity index (χ2n) is 4.73. The molecule has 0 unspecified atom stereocenters. The van der Waals surface area contributed by atoms with Crippen LogP contribution in [-0.4, -0.2) is 5.54 Å². The highest BCUT2D eigenvalue weighted by Crippen LogP contribution is 2.30. The minimum absolute atomic E-state index is 0.228. The second-order valence-corrected chi connectivity index (χ2v) is 4.73. The molecule has 0 amide bonds. The molecule has 1 fully saturated rings. The average Bonchev–Trinajstić information content (AvgIpc) is 2.14. The Bertz CT molecular complexity index is 125. The van der Waals surface area contributed by atoms with Crippen molar-refractivity contribution in [2.45, 2.75) is 76.7 Å². The zero-order valence-corrected chi connectivity index (χ0v) is 9.15. The molecule has 1 aliphatic rings. The monoisotopic (exact) mass is 183 g/mol. The quantitative estimate of drug-likeness (QED) is 0.647. The van der Waals surface area contributed by atoms with E-state index in [1.807, 2.05) is 0 Å². The van der Waals surface area contributed by atoms with Crippen LogP contribution in [0.25, 0.3) is 0 Å². The summed E-state index contributed by atoms with van der Waals surface area (Å²) in [5.74, 6) is 0. The zero-order valence-electron chi connectivity index (χ0n) is 9.15. The summed E-state index contributed by atoms with van der Waals surface area (Å²) in [4.78, 5) is 0. The molecule has 0 aliphatic heterocycles. The Labute approximate surface area is 83.1 Å². The number of unbranched alkanes of at least 4 members (excludes halogenated alkanes) is 3. The fourth-order valence-electron chi connectivity index (χ4n) is 2.41. The molecular formula is C12H25N. The van der Waals surface area contributed by atoms with Gasteiger partial charge in [-0.2, -0.15) is 0 Å². The van der Waals surface area contributed by atoms with E-state index in [2.05, 4.69) is 6.92 Å². The van der Waals surface area contributed by atoms with Crippen LogP contribution in [0.4, 0.5) is 0 Å². The molecule has 0 aromatic heterocycles. The van der Waals surface area contributed by atoms with Crippen molar-refractivity contribution < 1.29 is 0 Å². The SMILES string of the molecule is CCCCCCC1(N)CCCCC1. The van der Waals surface area contributed by atoms with E-state index in [0.29, 0.717) is 0 Å². The van der Waals surface area contributed by atoms with Crippen LogP contribution in [0.3, 0.4) is 0 Å². The van der Waals surface area contributed by atoms with E-state index in [4.69, 9.17) is 5.73 Å². The minimum atomic E-state index is 0.228. The average molecular weight is 183 g/mol. The van der Waals surface area contributed by atoms with Gasteiger partial charge in [0.1, 0.15) is 0 Å². The van der Waals surface area contributed by atoms with E-state index < -0.39 is 0 Å². The van der Waals surface area contributed by atoms with Gasteiger partial charge in [-0.1, -0.05) is 51.9 Å². The number of hydrogen-bond donors (Lipinski definition) is 1. The van der Waals surface area contributed by atoms with Crippen molar-refractivity contribution in [2.24, 2.45) is 5.73 Å². The summed E-state index contributed by atoms with van der Waals surface area (Å²) in [6, 6.07) is 0. The first kappa shape index (κ1) is 11.0.